The third kappa shape index (κ3) is 6.49. The second-order valence-electron chi connectivity index (χ2n) is 6.67. The predicted molar refractivity (Wildman–Crippen MR) is 85.3 cm³/mol. The fraction of sp³-hybridized carbons (Fsp3) is 1.00. The molecule has 10 atom stereocenters. The van der Waals surface area contributed by atoms with E-state index in [0.717, 1.165) is 0 Å². The lowest BCUT2D eigenvalue weighted by Gasteiger charge is -2.42. The third-order valence-corrected chi connectivity index (χ3v) is 5.15. The van der Waals surface area contributed by atoms with Crippen LogP contribution in [0.2, 0.25) is 0 Å². The molecule has 28 heavy (non-hydrogen) atoms. The number of aliphatic hydroxyl groups excluding tert-OH is 9. The van der Waals surface area contributed by atoms with Gasteiger partial charge in [0.1, 0.15) is 68.0 Å². The van der Waals surface area contributed by atoms with Gasteiger partial charge in [-0.05, 0) is 0 Å². The zero-order chi connectivity index (χ0) is 21.8. The van der Waals surface area contributed by atoms with E-state index in [-0.39, 0.29) is 11.4 Å². The van der Waals surface area contributed by atoms with Crippen molar-refractivity contribution in [3.63, 3.8) is 0 Å². The molecule has 0 aromatic heterocycles. The first-order chi connectivity index (χ1) is 12.8. The Morgan fingerprint density at radius 3 is 2.04 bits per heavy atom. The van der Waals surface area contributed by atoms with Crippen LogP contribution < -0.4 is 4.90 Å². The highest BCUT2D eigenvalue weighted by Crippen LogP contribution is 2.15. The molecule has 15 heteroatoms. The molecule has 1 aliphatic rings. The molecular formula is C13H27NO13S. The molecule has 1 rings (SSSR count). The van der Waals surface area contributed by atoms with Crippen LogP contribution in [0.4, 0.5) is 0 Å². The van der Waals surface area contributed by atoms with Crippen molar-refractivity contribution >= 4 is 10.4 Å². The third-order valence-electron chi connectivity index (χ3n) is 4.70. The van der Waals surface area contributed by atoms with Gasteiger partial charge in [-0.1, -0.05) is 0 Å². The van der Waals surface area contributed by atoms with Crippen molar-refractivity contribution in [2.45, 2.75) is 54.9 Å². The zero-order valence-corrected chi connectivity index (χ0v) is 15.4. The van der Waals surface area contributed by atoms with Crippen LogP contribution in [0.1, 0.15) is 0 Å². The Hall–Kier alpha value is -0.530. The number of piperidine rings is 1. The molecule has 0 bridgehead atoms. The van der Waals surface area contributed by atoms with Crippen molar-refractivity contribution in [2.24, 2.45) is 0 Å². The van der Waals surface area contributed by atoms with E-state index in [1.807, 2.05) is 0 Å². The fourth-order valence-corrected chi connectivity index (χ4v) is 3.63. The summed E-state index contributed by atoms with van der Waals surface area (Å²) >= 11 is 0. The largest absolute Gasteiger partial charge is 0.726 e. The van der Waals surface area contributed by atoms with E-state index in [4.69, 9.17) is 5.11 Å². The van der Waals surface area contributed by atoms with Crippen LogP contribution in [-0.2, 0) is 14.6 Å². The molecule has 168 valence electrons. The van der Waals surface area contributed by atoms with Crippen molar-refractivity contribution in [2.75, 3.05) is 26.3 Å². The summed E-state index contributed by atoms with van der Waals surface area (Å²) < 4.78 is 36.8. The van der Waals surface area contributed by atoms with Crippen LogP contribution in [0.3, 0.4) is 0 Å². The maximum Gasteiger partial charge on any atom is 0.218 e. The first kappa shape index (κ1) is 25.5. The maximum atomic E-state index is 10.9. The Labute approximate surface area is 160 Å². The summed E-state index contributed by atoms with van der Waals surface area (Å²) in [5.41, 5.74) is 0. The lowest BCUT2D eigenvalue weighted by molar-refractivity contribution is -0.942. The smallest absolute Gasteiger partial charge is 0.218 e. The number of quaternary nitrogens is 1. The summed E-state index contributed by atoms with van der Waals surface area (Å²) in [7, 11) is -5.49. The number of rotatable bonds is 10. The molecule has 0 amide bonds. The van der Waals surface area contributed by atoms with Crippen LogP contribution in [0.25, 0.3) is 0 Å². The topological polar surface area (TPSA) is 253 Å². The molecule has 0 radical (unpaired) electrons. The second-order valence-corrected chi connectivity index (χ2v) is 7.68. The van der Waals surface area contributed by atoms with Gasteiger partial charge in [0, 0.05) is 0 Å². The Morgan fingerprint density at radius 2 is 1.57 bits per heavy atom. The first-order valence-electron chi connectivity index (χ1n) is 8.30. The molecule has 1 saturated heterocycles. The van der Waals surface area contributed by atoms with E-state index in [9.17, 15) is 53.8 Å². The quantitative estimate of drug-likeness (QED) is 0.113. The molecule has 1 fully saturated rings. The molecule has 1 unspecified atom stereocenters. The summed E-state index contributed by atoms with van der Waals surface area (Å²) in [5, 5.41) is 86.9. The monoisotopic (exact) mass is 437 g/mol. The van der Waals surface area contributed by atoms with E-state index in [1.54, 1.807) is 0 Å². The van der Waals surface area contributed by atoms with Crippen LogP contribution in [0.5, 0.6) is 0 Å². The lowest BCUT2D eigenvalue weighted by Crippen LogP contribution is -3.21. The van der Waals surface area contributed by atoms with E-state index >= 15 is 0 Å². The van der Waals surface area contributed by atoms with Gasteiger partial charge in [0.15, 0.2) is 0 Å². The minimum atomic E-state index is -5.49. The molecule has 1 heterocycles. The predicted octanol–water partition coefficient (Wildman–Crippen LogP) is -8.39. The zero-order valence-electron chi connectivity index (χ0n) is 14.6. The summed E-state index contributed by atoms with van der Waals surface area (Å²) in [5.74, 6) is 0. The molecule has 14 nitrogen and oxygen atoms in total. The van der Waals surface area contributed by atoms with Gasteiger partial charge in [-0.2, -0.15) is 0 Å². The average Bonchev–Trinajstić information content (AvgIpc) is 2.61. The Morgan fingerprint density at radius 1 is 1.00 bits per heavy atom. The number of hydrogen-bond donors (Lipinski definition) is 10. The highest BCUT2D eigenvalue weighted by Gasteiger charge is 2.47. The second kappa shape index (κ2) is 10.5. The van der Waals surface area contributed by atoms with Crippen LogP contribution in [0, 0.1) is 0 Å². The van der Waals surface area contributed by atoms with Gasteiger partial charge in [0.25, 0.3) is 0 Å². The highest BCUT2D eigenvalue weighted by molar-refractivity contribution is 7.80. The number of likely N-dealkylation sites (tertiary alicyclic amines) is 1. The first-order valence-corrected chi connectivity index (χ1v) is 9.64. The molecule has 10 N–H and O–H groups in total. The van der Waals surface area contributed by atoms with Gasteiger partial charge in [-0.25, -0.2) is 8.42 Å². The van der Waals surface area contributed by atoms with Gasteiger partial charge >= 0.3 is 0 Å². The molecule has 1 aliphatic heterocycles. The normalized spacial score (nSPS) is 34.4. The number of nitrogens with one attached hydrogen (secondary N) is 1. The van der Waals surface area contributed by atoms with Gasteiger partial charge < -0.3 is 55.4 Å². The van der Waals surface area contributed by atoms with Gasteiger partial charge in [0.2, 0.25) is 10.4 Å². The van der Waals surface area contributed by atoms with E-state index < -0.39 is 85.0 Å². The van der Waals surface area contributed by atoms with Gasteiger partial charge in [-0.15, -0.1) is 0 Å². The molecule has 0 spiro atoms. The fourth-order valence-electron chi connectivity index (χ4n) is 3.12. The van der Waals surface area contributed by atoms with Crippen molar-refractivity contribution in [3.8, 4) is 0 Å². The molecule has 0 aliphatic carbocycles. The summed E-state index contributed by atoms with van der Waals surface area (Å²) in [6.45, 7) is -2.65. The van der Waals surface area contributed by atoms with Gasteiger partial charge in [-0.3, -0.25) is 4.18 Å². The highest BCUT2D eigenvalue weighted by atomic mass is 32.3. The van der Waals surface area contributed by atoms with E-state index in [2.05, 4.69) is 4.18 Å². The standard InChI is InChI=1S/C13H27NO13S/c15-3-5-9(20)10(21)6(17)1-14(5)2-7(18)13(27-28(24,25)26)12(23)11(22)8(19)4-16/h5-13,15-23H,1-4H2,(H,24,25,26)/t5-,6+,7-,8+,9-,10-,11-,12-,13-/m1/s1. The molecule has 0 aromatic carbocycles. The van der Waals surface area contributed by atoms with Crippen molar-refractivity contribution in [1.29, 1.82) is 0 Å². The summed E-state index contributed by atoms with van der Waals surface area (Å²) in [4.78, 5) is 0.0709. The molecule has 0 aromatic rings. The summed E-state index contributed by atoms with van der Waals surface area (Å²) in [6, 6.07) is -1.12. The minimum Gasteiger partial charge on any atom is -0.726 e. The Kier molecular flexibility index (Phi) is 9.55. The maximum absolute atomic E-state index is 10.9. The molecular weight excluding hydrogens is 410 g/mol. The van der Waals surface area contributed by atoms with Crippen LogP contribution >= 0.6 is 0 Å². The Bertz CT molecular complexity index is 577. The number of hydrogen-bond acceptors (Lipinski definition) is 13. The van der Waals surface area contributed by atoms with E-state index in [1.165, 1.54) is 0 Å². The van der Waals surface area contributed by atoms with Crippen molar-refractivity contribution in [1.82, 2.24) is 0 Å². The number of aliphatic hydroxyl groups is 9. The lowest BCUT2D eigenvalue weighted by atomic mass is 9.92. The Balaban J connectivity index is 3.03. The summed E-state index contributed by atoms with van der Waals surface area (Å²) in [6.07, 6.45) is -15.4. The van der Waals surface area contributed by atoms with Crippen molar-refractivity contribution in [3.05, 3.63) is 0 Å². The minimum absolute atomic E-state index is 0.0709. The SMILES string of the molecule is O=S(=O)([O-])O[C@@H]([C@H](O)[C@H](O)[C@@H](O)CO)[C@H](O)C[NH+]1C[C@H](O)[C@@H](O)[C@H](O)[C@H]1CO. The van der Waals surface area contributed by atoms with Gasteiger partial charge in [0.05, 0.1) is 13.2 Å². The van der Waals surface area contributed by atoms with Crippen LogP contribution in [-0.4, -0.2) is 140 Å². The van der Waals surface area contributed by atoms with Crippen molar-refractivity contribution < 1.29 is 68.0 Å². The van der Waals surface area contributed by atoms with Crippen LogP contribution in [0.15, 0.2) is 0 Å². The average molecular weight is 437 g/mol. The molecule has 0 saturated carbocycles. The van der Waals surface area contributed by atoms with E-state index in [0.29, 0.717) is 0 Å².